The normalized spacial score (nSPS) is 21.7. The number of carboxylic acids is 1. The highest BCUT2D eigenvalue weighted by Gasteiger charge is 2.54. The second kappa shape index (κ2) is 8.24. The van der Waals surface area contributed by atoms with Gasteiger partial charge in [-0.1, -0.05) is 23.5 Å². The fraction of sp³-hybridized carbons (Fsp3) is 0.267. The first-order valence-electron chi connectivity index (χ1n) is 7.71. The molecule has 2 amide bonds. The SMILES string of the molecule is C=CSC1=C(C(=O)O)N2C(=O)C(NC(=O)/C(=N\OC)c3csc(N)n3)[C@H]2SC1. The zero-order valence-electron chi connectivity index (χ0n) is 14.4. The summed E-state index contributed by atoms with van der Waals surface area (Å²) in [4.78, 5) is 47.2. The molecule has 3 rings (SSSR count). The molecule has 1 saturated heterocycles. The van der Waals surface area contributed by atoms with Crippen molar-refractivity contribution in [2.45, 2.75) is 11.4 Å². The average molecular weight is 442 g/mol. The smallest absolute Gasteiger partial charge is 0.353 e. The van der Waals surface area contributed by atoms with Gasteiger partial charge >= 0.3 is 5.97 Å². The molecular weight excluding hydrogens is 426 g/mol. The molecule has 4 N–H and O–H groups in total. The van der Waals surface area contributed by atoms with E-state index in [4.69, 9.17) is 10.6 Å². The van der Waals surface area contributed by atoms with Crippen molar-refractivity contribution in [3.05, 3.63) is 33.7 Å². The largest absolute Gasteiger partial charge is 0.477 e. The second-order valence-corrected chi connectivity index (χ2v) is 8.47. The van der Waals surface area contributed by atoms with Gasteiger partial charge < -0.3 is 21.0 Å². The quantitative estimate of drug-likeness (QED) is 0.315. The van der Waals surface area contributed by atoms with Crippen LogP contribution in [0.4, 0.5) is 5.13 Å². The first-order chi connectivity index (χ1) is 13.4. The number of nitrogen functional groups attached to an aromatic ring is 1. The Hall–Kier alpha value is -2.51. The molecule has 2 atom stereocenters. The molecule has 10 nitrogen and oxygen atoms in total. The number of nitrogens with two attached hydrogens (primary N) is 1. The van der Waals surface area contributed by atoms with Crippen molar-refractivity contribution in [3.63, 3.8) is 0 Å². The third-order valence-corrected chi connectivity index (χ3v) is 6.74. The van der Waals surface area contributed by atoms with Crippen LogP contribution in [0.2, 0.25) is 0 Å². The van der Waals surface area contributed by atoms with Crippen molar-refractivity contribution in [1.82, 2.24) is 15.2 Å². The minimum absolute atomic E-state index is 0.0813. The predicted molar refractivity (Wildman–Crippen MR) is 108 cm³/mol. The van der Waals surface area contributed by atoms with Crippen LogP contribution in [0.3, 0.4) is 0 Å². The van der Waals surface area contributed by atoms with Crippen LogP contribution in [0, 0.1) is 0 Å². The summed E-state index contributed by atoms with van der Waals surface area (Å²) in [6.45, 7) is 3.58. The van der Waals surface area contributed by atoms with Crippen LogP contribution in [-0.2, 0) is 19.2 Å². The van der Waals surface area contributed by atoms with Crippen LogP contribution in [0.5, 0.6) is 0 Å². The maximum absolute atomic E-state index is 12.6. The van der Waals surface area contributed by atoms with E-state index in [-0.39, 0.29) is 22.2 Å². The van der Waals surface area contributed by atoms with Crippen molar-refractivity contribution in [2.24, 2.45) is 5.16 Å². The molecule has 1 unspecified atom stereocenters. The summed E-state index contributed by atoms with van der Waals surface area (Å²) in [6.07, 6.45) is 0. The lowest BCUT2D eigenvalue weighted by atomic mass is 10.0. The van der Waals surface area contributed by atoms with E-state index in [1.165, 1.54) is 29.2 Å². The molecule has 0 saturated carbocycles. The number of thiazole rings is 1. The van der Waals surface area contributed by atoms with E-state index in [9.17, 15) is 19.5 Å². The van der Waals surface area contributed by atoms with Crippen LogP contribution in [0.1, 0.15) is 5.69 Å². The molecule has 0 aromatic carbocycles. The topological polar surface area (TPSA) is 147 Å². The number of aromatic nitrogens is 1. The molecule has 0 radical (unpaired) electrons. The number of carbonyl (C=O) groups is 3. The third kappa shape index (κ3) is 3.59. The molecule has 1 fully saturated rings. The summed E-state index contributed by atoms with van der Waals surface area (Å²) in [7, 11) is 1.28. The molecule has 1 aromatic heterocycles. The molecule has 2 aliphatic heterocycles. The maximum atomic E-state index is 12.6. The Balaban J connectivity index is 1.79. The van der Waals surface area contributed by atoms with Gasteiger partial charge in [-0.25, -0.2) is 9.78 Å². The van der Waals surface area contributed by atoms with Gasteiger partial charge in [0.25, 0.3) is 11.8 Å². The van der Waals surface area contributed by atoms with Crippen LogP contribution in [0.25, 0.3) is 0 Å². The van der Waals surface area contributed by atoms with E-state index in [0.717, 1.165) is 23.1 Å². The number of amides is 2. The summed E-state index contributed by atoms with van der Waals surface area (Å²) in [5, 5.41) is 18.5. The van der Waals surface area contributed by atoms with Crippen molar-refractivity contribution in [1.29, 1.82) is 0 Å². The number of carboxylic acid groups (broad SMARTS) is 1. The van der Waals surface area contributed by atoms with Gasteiger partial charge in [-0.3, -0.25) is 14.5 Å². The van der Waals surface area contributed by atoms with Crippen LogP contribution >= 0.6 is 34.9 Å². The number of nitrogens with zero attached hydrogens (tertiary/aromatic N) is 3. The molecule has 0 aliphatic carbocycles. The number of oxime groups is 1. The number of rotatable bonds is 7. The number of hydrogen-bond donors (Lipinski definition) is 3. The first kappa shape index (κ1) is 20.2. The number of carbonyl (C=O) groups excluding carboxylic acids is 2. The minimum atomic E-state index is -1.20. The van der Waals surface area contributed by atoms with Crippen molar-refractivity contribution in [3.8, 4) is 0 Å². The Kier molecular flexibility index (Phi) is 5.96. The summed E-state index contributed by atoms with van der Waals surface area (Å²) in [6, 6.07) is -0.889. The molecule has 0 spiro atoms. The van der Waals surface area contributed by atoms with Gasteiger partial charge in [-0.15, -0.1) is 23.1 Å². The number of fused-ring (bicyclic) bond motifs is 1. The molecule has 2 aliphatic rings. The molecule has 13 heteroatoms. The van der Waals surface area contributed by atoms with Gasteiger partial charge in [0.15, 0.2) is 10.8 Å². The monoisotopic (exact) mass is 441 g/mol. The van der Waals surface area contributed by atoms with E-state index in [0.29, 0.717) is 10.7 Å². The molecule has 0 bridgehead atoms. The first-order valence-corrected chi connectivity index (χ1v) is 10.5. The zero-order chi connectivity index (χ0) is 20.4. The number of β-lactam (4-membered cyclic amide) rings is 1. The number of thioether (sulfide) groups is 2. The lowest BCUT2D eigenvalue weighted by Crippen LogP contribution is -2.71. The van der Waals surface area contributed by atoms with Gasteiger partial charge in [-0.05, 0) is 5.41 Å². The number of nitrogens with one attached hydrogen (secondary N) is 1. The Morgan fingerprint density at radius 2 is 2.36 bits per heavy atom. The molecule has 1 aromatic rings. The van der Waals surface area contributed by atoms with Gasteiger partial charge in [-0.2, -0.15) is 0 Å². The summed E-state index contributed by atoms with van der Waals surface area (Å²) in [5.74, 6) is -1.99. The van der Waals surface area contributed by atoms with E-state index in [1.807, 2.05) is 0 Å². The standard InChI is InChI=1S/C15H15N5O5S3/c1-3-26-7-5-27-13-9(12(22)20(13)10(7)14(23)24)18-11(21)8(19-25-2)6-4-28-15(16)17-6/h3-4,9,13H,1,5H2,2H3,(H2,16,17)(H,18,21)(H,23,24)/b19-8-/t9?,13-/m1/s1. The Labute approximate surface area is 171 Å². The zero-order valence-corrected chi connectivity index (χ0v) is 16.9. The van der Waals surface area contributed by atoms with Gasteiger partial charge in [0, 0.05) is 16.0 Å². The Morgan fingerprint density at radius 3 is 2.93 bits per heavy atom. The predicted octanol–water partition coefficient (Wildman–Crippen LogP) is 0.649. The van der Waals surface area contributed by atoms with Crippen LogP contribution < -0.4 is 11.1 Å². The van der Waals surface area contributed by atoms with E-state index in [1.54, 1.807) is 5.38 Å². The van der Waals surface area contributed by atoms with Crippen molar-refractivity contribution in [2.75, 3.05) is 18.6 Å². The average Bonchev–Trinajstić information content (AvgIpc) is 3.09. The molecular formula is C15H15N5O5S3. The summed E-state index contributed by atoms with van der Waals surface area (Å²) in [5.41, 5.74) is 5.60. The van der Waals surface area contributed by atoms with Gasteiger partial charge in [0.05, 0.1) is 0 Å². The van der Waals surface area contributed by atoms with Gasteiger partial charge in [0.1, 0.15) is 29.9 Å². The minimum Gasteiger partial charge on any atom is -0.477 e. The lowest BCUT2D eigenvalue weighted by Gasteiger charge is -2.49. The summed E-state index contributed by atoms with van der Waals surface area (Å²) >= 11 is 3.65. The number of anilines is 1. The number of aliphatic carboxylic acids is 1. The number of hydrogen-bond acceptors (Lipinski definition) is 10. The summed E-state index contributed by atoms with van der Waals surface area (Å²) < 4.78 is 0. The highest BCUT2D eigenvalue weighted by molar-refractivity contribution is 8.08. The second-order valence-electron chi connectivity index (χ2n) is 5.42. The third-order valence-electron chi connectivity index (χ3n) is 3.81. The molecule has 28 heavy (non-hydrogen) atoms. The maximum Gasteiger partial charge on any atom is 0.353 e. The van der Waals surface area contributed by atoms with E-state index >= 15 is 0 Å². The highest BCUT2D eigenvalue weighted by atomic mass is 32.2. The van der Waals surface area contributed by atoms with E-state index in [2.05, 4.69) is 22.0 Å². The fourth-order valence-electron chi connectivity index (χ4n) is 2.68. The Morgan fingerprint density at radius 1 is 1.61 bits per heavy atom. The Bertz CT molecular complexity index is 912. The molecule has 148 valence electrons. The molecule has 3 heterocycles. The fourth-order valence-corrected chi connectivity index (χ4v) is 5.40. The van der Waals surface area contributed by atoms with Crippen LogP contribution in [0.15, 0.2) is 33.1 Å². The van der Waals surface area contributed by atoms with Crippen molar-refractivity contribution < 1.29 is 24.3 Å². The van der Waals surface area contributed by atoms with Crippen LogP contribution in [-0.4, -0.2) is 62.8 Å². The van der Waals surface area contributed by atoms with E-state index < -0.39 is 29.2 Å². The van der Waals surface area contributed by atoms with Gasteiger partial charge in [0.2, 0.25) is 0 Å². The highest BCUT2D eigenvalue weighted by Crippen LogP contribution is 2.43. The lowest BCUT2D eigenvalue weighted by molar-refractivity contribution is -0.150. The van der Waals surface area contributed by atoms with Crippen molar-refractivity contribution >= 4 is 63.5 Å².